The number of carbonyl (C=O) groups is 1. The van der Waals surface area contributed by atoms with Gasteiger partial charge in [-0.25, -0.2) is 0 Å². The predicted molar refractivity (Wildman–Crippen MR) is 117 cm³/mol. The minimum Gasteiger partial charge on any atom is -0.485 e. The molecule has 0 atom stereocenters. The molecule has 0 aliphatic carbocycles. The van der Waals surface area contributed by atoms with E-state index in [9.17, 15) is 4.79 Å². The Balaban J connectivity index is 1.76. The van der Waals surface area contributed by atoms with Gasteiger partial charge in [0.05, 0.1) is 0 Å². The maximum Gasteiger partial charge on any atom is 0.162 e. The van der Waals surface area contributed by atoms with Crippen LogP contribution < -0.4 is 9.47 Å². The van der Waals surface area contributed by atoms with Gasteiger partial charge in [0.1, 0.15) is 13.2 Å². The van der Waals surface area contributed by atoms with E-state index < -0.39 is 0 Å². The number of carbonyl (C=O) groups excluding carboxylic acids is 1. The summed E-state index contributed by atoms with van der Waals surface area (Å²) >= 11 is 0. The molecule has 0 heterocycles. The molecule has 0 aliphatic rings. The Morgan fingerprint density at radius 3 is 1.97 bits per heavy atom. The average Bonchev–Trinajstić information content (AvgIpc) is 2.77. The average molecular weight is 386 g/mol. The van der Waals surface area contributed by atoms with Gasteiger partial charge >= 0.3 is 0 Å². The molecular formula is C26H26O3. The molecule has 148 valence electrons. The highest BCUT2D eigenvalue weighted by Gasteiger charge is 2.08. The molecule has 3 nitrogen and oxygen atoms in total. The molecule has 29 heavy (non-hydrogen) atoms. The van der Waals surface area contributed by atoms with Gasteiger partial charge in [0.25, 0.3) is 0 Å². The third-order valence-electron chi connectivity index (χ3n) is 4.40. The normalized spacial score (nSPS) is 10.8. The van der Waals surface area contributed by atoms with Crippen molar-refractivity contribution < 1.29 is 14.3 Å². The fourth-order valence-electron chi connectivity index (χ4n) is 2.85. The van der Waals surface area contributed by atoms with Crippen LogP contribution in [0.5, 0.6) is 11.5 Å². The van der Waals surface area contributed by atoms with Gasteiger partial charge in [0.2, 0.25) is 0 Å². The molecule has 0 saturated heterocycles. The Labute approximate surface area is 172 Å². The summed E-state index contributed by atoms with van der Waals surface area (Å²) < 4.78 is 12.1. The highest BCUT2D eigenvalue weighted by atomic mass is 16.5. The van der Waals surface area contributed by atoms with Crippen LogP contribution in [0.1, 0.15) is 36.5 Å². The van der Waals surface area contributed by atoms with E-state index in [4.69, 9.17) is 9.47 Å². The number of ketones is 1. The summed E-state index contributed by atoms with van der Waals surface area (Å²) in [6.45, 7) is 2.91. The second kappa shape index (κ2) is 10.9. The Hall–Kier alpha value is -3.33. The first-order valence-electron chi connectivity index (χ1n) is 9.93. The van der Waals surface area contributed by atoms with Crippen molar-refractivity contribution in [2.24, 2.45) is 0 Å². The number of hydrogen-bond donors (Lipinski definition) is 0. The van der Waals surface area contributed by atoms with Gasteiger partial charge in [0, 0.05) is 6.42 Å². The maximum atomic E-state index is 11.8. The minimum atomic E-state index is 0.128. The van der Waals surface area contributed by atoms with Crippen LogP contribution >= 0.6 is 0 Å². The first-order chi connectivity index (χ1) is 14.2. The van der Waals surface area contributed by atoms with Crippen molar-refractivity contribution in [1.29, 1.82) is 0 Å². The minimum absolute atomic E-state index is 0.128. The van der Waals surface area contributed by atoms with Crippen molar-refractivity contribution in [2.45, 2.75) is 33.0 Å². The lowest BCUT2D eigenvalue weighted by Crippen LogP contribution is -2.01. The van der Waals surface area contributed by atoms with Crippen molar-refractivity contribution in [3.8, 4) is 11.5 Å². The molecule has 0 fully saturated rings. The molecule has 3 rings (SSSR count). The van der Waals surface area contributed by atoms with E-state index >= 15 is 0 Å². The Kier molecular flexibility index (Phi) is 7.64. The van der Waals surface area contributed by atoms with E-state index in [1.165, 1.54) is 0 Å². The Morgan fingerprint density at radius 2 is 1.38 bits per heavy atom. The van der Waals surface area contributed by atoms with Gasteiger partial charge < -0.3 is 9.47 Å². The molecule has 3 aromatic carbocycles. The molecule has 0 N–H and O–H groups in total. The van der Waals surface area contributed by atoms with Crippen LogP contribution in [0, 0.1) is 0 Å². The smallest absolute Gasteiger partial charge is 0.162 e. The third-order valence-corrected chi connectivity index (χ3v) is 4.40. The summed E-state index contributed by atoms with van der Waals surface area (Å²) in [4.78, 5) is 11.8. The van der Waals surface area contributed by atoms with Crippen molar-refractivity contribution in [3.05, 3.63) is 102 Å². The van der Waals surface area contributed by atoms with Crippen LogP contribution in [0.3, 0.4) is 0 Å². The summed E-state index contributed by atoms with van der Waals surface area (Å²) in [5, 5.41) is 0. The molecule has 3 heteroatoms. The topological polar surface area (TPSA) is 35.5 Å². The number of benzene rings is 3. The molecule has 0 aromatic heterocycles. The molecule has 0 aliphatic heterocycles. The molecular weight excluding hydrogens is 360 g/mol. The van der Waals surface area contributed by atoms with Crippen molar-refractivity contribution >= 4 is 11.9 Å². The van der Waals surface area contributed by atoms with Crippen LogP contribution in [0.4, 0.5) is 0 Å². The van der Waals surface area contributed by atoms with Crippen molar-refractivity contribution in [1.82, 2.24) is 0 Å². The van der Waals surface area contributed by atoms with Crippen LogP contribution in [-0.4, -0.2) is 5.78 Å². The zero-order chi connectivity index (χ0) is 20.3. The quantitative estimate of drug-likeness (QED) is 0.388. The third kappa shape index (κ3) is 6.65. The maximum absolute atomic E-state index is 11.8. The van der Waals surface area contributed by atoms with E-state index in [1.54, 1.807) is 6.08 Å². The van der Waals surface area contributed by atoms with Crippen molar-refractivity contribution in [3.63, 3.8) is 0 Å². The van der Waals surface area contributed by atoms with Gasteiger partial charge in [-0.05, 0) is 41.3 Å². The van der Waals surface area contributed by atoms with Crippen LogP contribution in [-0.2, 0) is 18.0 Å². The van der Waals surface area contributed by atoms with E-state index in [0.717, 1.165) is 23.1 Å². The molecule has 0 unspecified atom stereocenters. The summed E-state index contributed by atoms with van der Waals surface area (Å²) in [5.41, 5.74) is 3.08. The van der Waals surface area contributed by atoms with Gasteiger partial charge in [-0.15, -0.1) is 0 Å². The zero-order valence-electron chi connectivity index (χ0n) is 16.7. The molecule has 0 radical (unpaired) electrons. The molecule has 0 spiro atoms. The summed E-state index contributed by atoms with van der Waals surface area (Å²) in [5.74, 6) is 1.47. The van der Waals surface area contributed by atoms with E-state index in [1.807, 2.05) is 91.9 Å². The monoisotopic (exact) mass is 386 g/mol. The van der Waals surface area contributed by atoms with Gasteiger partial charge in [-0.2, -0.15) is 0 Å². The Bertz CT molecular complexity index is 931. The van der Waals surface area contributed by atoms with Crippen LogP contribution in [0.25, 0.3) is 6.08 Å². The lowest BCUT2D eigenvalue weighted by Gasteiger charge is -2.14. The van der Waals surface area contributed by atoms with E-state index in [0.29, 0.717) is 31.1 Å². The summed E-state index contributed by atoms with van der Waals surface area (Å²) in [6, 6.07) is 25.8. The summed E-state index contributed by atoms with van der Waals surface area (Å²) in [6.07, 6.45) is 4.87. The summed E-state index contributed by atoms with van der Waals surface area (Å²) in [7, 11) is 0. The largest absolute Gasteiger partial charge is 0.485 e. The van der Waals surface area contributed by atoms with Crippen molar-refractivity contribution in [2.75, 3.05) is 0 Å². The number of hydrogen-bond acceptors (Lipinski definition) is 3. The number of rotatable bonds is 10. The fourth-order valence-corrected chi connectivity index (χ4v) is 2.85. The van der Waals surface area contributed by atoms with Crippen LogP contribution in [0.15, 0.2) is 84.9 Å². The predicted octanol–water partition coefficient (Wildman–Crippen LogP) is 6.23. The van der Waals surface area contributed by atoms with E-state index in [-0.39, 0.29) is 5.78 Å². The highest BCUT2D eigenvalue weighted by molar-refractivity contribution is 5.93. The molecule has 0 amide bonds. The van der Waals surface area contributed by atoms with E-state index in [2.05, 4.69) is 0 Å². The molecule has 0 bridgehead atoms. The lowest BCUT2D eigenvalue weighted by molar-refractivity contribution is -0.114. The van der Waals surface area contributed by atoms with Gasteiger partial charge in [0.15, 0.2) is 17.3 Å². The first-order valence-corrected chi connectivity index (χ1v) is 9.93. The van der Waals surface area contributed by atoms with Crippen LogP contribution in [0.2, 0.25) is 0 Å². The fraction of sp³-hybridized carbons (Fsp3) is 0.192. The van der Waals surface area contributed by atoms with Gasteiger partial charge in [-0.1, -0.05) is 79.7 Å². The Morgan fingerprint density at radius 1 is 0.793 bits per heavy atom. The second-order valence-electron chi connectivity index (χ2n) is 6.80. The molecule has 0 saturated carbocycles. The SMILES string of the molecule is CCCC(=O)/C=C/c1ccc(OCc2ccccc2)c(OCc2ccccc2)c1. The van der Waals surface area contributed by atoms with Gasteiger partial charge in [-0.3, -0.25) is 4.79 Å². The standard InChI is InChI=1S/C26H26O3/c1-2-9-24(27)16-14-21-15-17-25(28-19-22-10-5-3-6-11-22)26(18-21)29-20-23-12-7-4-8-13-23/h3-8,10-18H,2,9,19-20H2,1H3/b16-14+. The zero-order valence-corrected chi connectivity index (χ0v) is 16.7. The molecule has 3 aromatic rings. The number of allylic oxidation sites excluding steroid dienone is 1. The highest BCUT2D eigenvalue weighted by Crippen LogP contribution is 2.30. The lowest BCUT2D eigenvalue weighted by atomic mass is 10.1. The second-order valence-corrected chi connectivity index (χ2v) is 6.80. The number of ether oxygens (including phenoxy) is 2. The first kappa shape index (κ1) is 20.4.